The smallest absolute Gasteiger partial charge is 0.300 e. The summed E-state index contributed by atoms with van der Waals surface area (Å²) in [6, 6.07) is 15.1. The van der Waals surface area contributed by atoms with Crippen LogP contribution in [0.4, 0.5) is 5.69 Å². The highest BCUT2D eigenvalue weighted by Crippen LogP contribution is 2.44. The molecule has 5 nitrogen and oxygen atoms in total. The fourth-order valence-electron chi connectivity index (χ4n) is 4.14. The molecular weight excluding hydrogens is 434 g/mol. The number of benzene rings is 2. The van der Waals surface area contributed by atoms with Crippen LogP contribution in [0.5, 0.6) is 5.75 Å². The third-order valence-electron chi connectivity index (χ3n) is 5.53. The number of carbonyl (C=O) groups is 2. The van der Waals surface area contributed by atoms with Crippen molar-refractivity contribution in [2.24, 2.45) is 0 Å². The lowest BCUT2D eigenvalue weighted by Crippen LogP contribution is -2.29. The molecule has 1 saturated heterocycles. The number of amides is 1. The van der Waals surface area contributed by atoms with Crippen molar-refractivity contribution in [1.82, 2.24) is 0 Å². The van der Waals surface area contributed by atoms with E-state index in [9.17, 15) is 14.7 Å². The van der Waals surface area contributed by atoms with Gasteiger partial charge in [-0.15, -0.1) is 11.3 Å². The van der Waals surface area contributed by atoms with Crippen molar-refractivity contribution < 1.29 is 19.4 Å². The summed E-state index contributed by atoms with van der Waals surface area (Å²) in [4.78, 5) is 28.4. The van der Waals surface area contributed by atoms with E-state index in [2.05, 4.69) is 0 Å². The van der Waals surface area contributed by atoms with Crippen molar-refractivity contribution in [1.29, 1.82) is 0 Å². The van der Waals surface area contributed by atoms with Gasteiger partial charge in [-0.25, -0.2) is 0 Å². The van der Waals surface area contributed by atoms with Gasteiger partial charge in [-0.05, 0) is 66.4 Å². The molecule has 2 aromatic carbocycles. The Bertz CT molecular complexity index is 1220. The Morgan fingerprint density at radius 2 is 1.94 bits per heavy atom. The first-order chi connectivity index (χ1) is 14.9. The van der Waals surface area contributed by atoms with E-state index in [-0.39, 0.29) is 17.4 Å². The molecule has 156 valence electrons. The minimum absolute atomic E-state index is 0.0639. The Morgan fingerprint density at radius 3 is 2.65 bits per heavy atom. The van der Waals surface area contributed by atoms with E-state index in [4.69, 9.17) is 16.3 Å². The van der Waals surface area contributed by atoms with Crippen molar-refractivity contribution in [3.8, 4) is 5.75 Å². The number of aliphatic hydroxyl groups excluding tert-OH is 1. The zero-order chi connectivity index (χ0) is 21.7. The minimum Gasteiger partial charge on any atom is -0.507 e. The number of ether oxygens (including phenoxy) is 1. The van der Waals surface area contributed by atoms with Crippen LogP contribution in [-0.4, -0.2) is 22.9 Å². The Morgan fingerprint density at radius 1 is 1.16 bits per heavy atom. The number of carbonyl (C=O) groups excluding carboxylic acids is 2. The second-order valence-corrected chi connectivity index (χ2v) is 9.03. The summed E-state index contributed by atoms with van der Waals surface area (Å²) in [5.74, 6) is -0.799. The number of hydrogen-bond donors (Lipinski definition) is 1. The predicted octanol–water partition coefficient (Wildman–Crippen LogP) is 5.35. The zero-order valence-electron chi connectivity index (χ0n) is 16.5. The second kappa shape index (κ2) is 7.55. The summed E-state index contributed by atoms with van der Waals surface area (Å²) < 4.78 is 5.73. The van der Waals surface area contributed by atoms with Gasteiger partial charge in [0.15, 0.2) is 0 Å². The van der Waals surface area contributed by atoms with Gasteiger partial charge in [0.25, 0.3) is 11.7 Å². The topological polar surface area (TPSA) is 66.8 Å². The largest absolute Gasteiger partial charge is 0.507 e. The first kappa shape index (κ1) is 19.8. The molecule has 3 heterocycles. The average Bonchev–Trinajstić information content (AvgIpc) is 3.46. The zero-order valence-corrected chi connectivity index (χ0v) is 18.1. The fourth-order valence-corrected chi connectivity index (χ4v) is 5.09. The first-order valence-electron chi connectivity index (χ1n) is 9.84. The molecule has 1 amide bonds. The van der Waals surface area contributed by atoms with Crippen LogP contribution in [0.25, 0.3) is 5.76 Å². The molecule has 0 saturated carbocycles. The summed E-state index contributed by atoms with van der Waals surface area (Å²) in [5.41, 5.74) is 2.08. The number of nitrogens with zero attached hydrogens (tertiary/aromatic N) is 1. The maximum atomic E-state index is 13.1. The molecule has 31 heavy (non-hydrogen) atoms. The molecule has 0 aliphatic carbocycles. The van der Waals surface area contributed by atoms with Crippen LogP contribution >= 0.6 is 22.9 Å². The third kappa shape index (κ3) is 3.32. The summed E-state index contributed by atoms with van der Waals surface area (Å²) >= 11 is 7.43. The highest BCUT2D eigenvalue weighted by Gasteiger charge is 2.47. The third-order valence-corrected chi connectivity index (χ3v) is 6.71. The highest BCUT2D eigenvalue weighted by molar-refractivity contribution is 7.10. The lowest BCUT2D eigenvalue weighted by atomic mass is 9.98. The second-order valence-electron chi connectivity index (χ2n) is 7.62. The average molecular weight is 452 g/mol. The van der Waals surface area contributed by atoms with E-state index < -0.39 is 17.7 Å². The SMILES string of the molecule is CC1Cc2cc(/C(O)=C3/C(=O)C(=O)N(c4ccc(Cl)cc4)C3c3cccs3)ccc2O1. The van der Waals surface area contributed by atoms with Crippen LogP contribution in [0.3, 0.4) is 0 Å². The molecule has 1 aromatic heterocycles. The molecule has 1 N–H and O–H groups in total. The van der Waals surface area contributed by atoms with Gasteiger partial charge >= 0.3 is 0 Å². The quantitative estimate of drug-likeness (QED) is 0.331. The standard InChI is InChI=1S/C24H18ClNO4S/c1-13-11-15-12-14(4-9-18(15)30-13)22(27)20-21(19-3-2-10-31-19)26(24(29)23(20)28)17-7-5-16(25)6-8-17/h2-10,12-13,21,27H,11H2,1H3/b22-20-. The number of Topliss-reactive ketones (excluding diaryl/α,β-unsaturated/α-hetero) is 1. The maximum Gasteiger partial charge on any atom is 0.300 e. The number of anilines is 1. The number of rotatable bonds is 3. The van der Waals surface area contributed by atoms with Gasteiger partial charge in [0.05, 0.1) is 5.57 Å². The maximum absolute atomic E-state index is 13.1. The van der Waals surface area contributed by atoms with E-state index in [0.717, 1.165) is 22.6 Å². The van der Waals surface area contributed by atoms with Crippen LogP contribution in [-0.2, 0) is 16.0 Å². The van der Waals surface area contributed by atoms with Gasteiger partial charge < -0.3 is 9.84 Å². The van der Waals surface area contributed by atoms with Gasteiger partial charge in [-0.2, -0.15) is 0 Å². The van der Waals surface area contributed by atoms with E-state index in [0.29, 0.717) is 16.3 Å². The number of hydrogen-bond acceptors (Lipinski definition) is 5. The molecule has 2 unspecified atom stereocenters. The molecule has 3 aromatic rings. The molecule has 2 atom stereocenters. The fraction of sp³-hybridized carbons (Fsp3) is 0.167. The highest BCUT2D eigenvalue weighted by atomic mass is 35.5. The molecule has 0 radical (unpaired) electrons. The lowest BCUT2D eigenvalue weighted by molar-refractivity contribution is -0.132. The van der Waals surface area contributed by atoms with Gasteiger partial charge in [0.1, 0.15) is 23.7 Å². The molecule has 7 heteroatoms. The summed E-state index contributed by atoms with van der Waals surface area (Å²) in [7, 11) is 0. The summed E-state index contributed by atoms with van der Waals surface area (Å²) in [6.45, 7) is 1.98. The van der Waals surface area contributed by atoms with Gasteiger partial charge in [-0.3, -0.25) is 14.5 Å². The Labute approximate surface area is 188 Å². The van der Waals surface area contributed by atoms with Crippen molar-refractivity contribution in [3.63, 3.8) is 0 Å². The van der Waals surface area contributed by atoms with Crippen molar-refractivity contribution in [2.75, 3.05) is 4.90 Å². The number of fused-ring (bicyclic) bond motifs is 1. The molecule has 0 spiro atoms. The van der Waals surface area contributed by atoms with Gasteiger partial charge in [0, 0.05) is 27.6 Å². The molecule has 2 aliphatic rings. The molecule has 5 rings (SSSR count). The Hall–Kier alpha value is -3.09. The molecular formula is C24H18ClNO4S. The molecule has 2 aliphatic heterocycles. The van der Waals surface area contributed by atoms with Crippen molar-refractivity contribution in [3.05, 3.63) is 86.6 Å². The van der Waals surface area contributed by atoms with Crippen LogP contribution in [0.2, 0.25) is 5.02 Å². The van der Waals surface area contributed by atoms with E-state index in [1.165, 1.54) is 16.2 Å². The normalized spacial score (nSPS) is 21.9. The summed E-state index contributed by atoms with van der Waals surface area (Å²) in [6.07, 6.45) is 0.790. The van der Waals surface area contributed by atoms with Gasteiger partial charge in [0.2, 0.25) is 0 Å². The van der Waals surface area contributed by atoms with Crippen molar-refractivity contribution >= 4 is 46.1 Å². The number of halogens is 1. The monoisotopic (exact) mass is 451 g/mol. The van der Waals surface area contributed by atoms with Crippen LogP contribution in [0, 0.1) is 0 Å². The van der Waals surface area contributed by atoms with Crippen molar-refractivity contribution in [2.45, 2.75) is 25.5 Å². The van der Waals surface area contributed by atoms with Gasteiger partial charge in [-0.1, -0.05) is 17.7 Å². The van der Waals surface area contributed by atoms with E-state index in [1.54, 1.807) is 36.4 Å². The molecule has 1 fully saturated rings. The van der Waals surface area contributed by atoms with Crippen LogP contribution in [0.15, 0.2) is 65.6 Å². The summed E-state index contributed by atoms with van der Waals surface area (Å²) in [5, 5.41) is 13.6. The predicted molar refractivity (Wildman–Crippen MR) is 121 cm³/mol. The number of ketones is 1. The van der Waals surface area contributed by atoms with Crippen LogP contribution < -0.4 is 9.64 Å². The van der Waals surface area contributed by atoms with E-state index >= 15 is 0 Å². The van der Waals surface area contributed by atoms with Crippen LogP contribution in [0.1, 0.15) is 29.0 Å². The van der Waals surface area contributed by atoms with E-state index in [1.807, 2.05) is 30.5 Å². The Balaban J connectivity index is 1.66. The first-order valence-corrected chi connectivity index (χ1v) is 11.1. The Kier molecular flexibility index (Phi) is 4.84. The molecule has 0 bridgehead atoms. The number of thiophene rings is 1. The lowest BCUT2D eigenvalue weighted by Gasteiger charge is -2.24. The minimum atomic E-state index is -0.718. The number of aliphatic hydroxyl groups is 1.